The molecule has 0 unspecified atom stereocenters. The smallest absolute Gasteiger partial charge is 0.161 e. The average molecular weight is 366 g/mol. The monoisotopic (exact) mass is 366 g/mol. The van der Waals surface area contributed by atoms with E-state index in [0.717, 1.165) is 19.3 Å². The van der Waals surface area contributed by atoms with E-state index in [2.05, 4.69) is 13.8 Å². The van der Waals surface area contributed by atoms with Crippen LogP contribution in [0.2, 0.25) is 0 Å². The zero-order chi connectivity index (χ0) is 19.1. The number of aliphatic hydroxyl groups excluding tert-OH is 2. The first-order valence-corrected chi connectivity index (χ1v) is 10.3. The summed E-state index contributed by atoms with van der Waals surface area (Å²) >= 11 is 0. The van der Waals surface area contributed by atoms with Crippen molar-refractivity contribution in [3.8, 4) is 0 Å². The Balaban J connectivity index is 1.72. The Morgan fingerprint density at radius 3 is 2.15 bits per heavy atom. The van der Waals surface area contributed by atoms with Crippen molar-refractivity contribution in [2.45, 2.75) is 95.5 Å². The van der Waals surface area contributed by atoms with Crippen molar-refractivity contribution >= 4 is 5.78 Å². The van der Waals surface area contributed by atoms with Crippen LogP contribution < -0.4 is 0 Å². The summed E-state index contributed by atoms with van der Waals surface area (Å²) < 4.78 is 0. The molecule has 0 aromatic heterocycles. The molecule has 0 heterocycles. The fourth-order valence-corrected chi connectivity index (χ4v) is 7.85. The van der Waals surface area contributed by atoms with Crippen LogP contribution in [-0.2, 0) is 4.79 Å². The summed E-state index contributed by atoms with van der Waals surface area (Å²) in [7, 11) is 0. The van der Waals surface area contributed by atoms with Crippen molar-refractivity contribution in [3.63, 3.8) is 0 Å². The Labute approximate surface area is 155 Å². The summed E-state index contributed by atoms with van der Waals surface area (Å²) in [4.78, 5) is 12.3. The molecule has 0 aromatic carbocycles. The van der Waals surface area contributed by atoms with Gasteiger partial charge in [0.15, 0.2) is 5.78 Å². The minimum absolute atomic E-state index is 0.138. The highest BCUT2D eigenvalue weighted by Crippen LogP contribution is 2.69. The average Bonchev–Trinajstić information content (AvgIpc) is 2.84. The molecule has 4 N–H and O–H groups in total. The number of Topliss-reactive ketones (excluding diaryl/α,β-unsaturated/α-hetero) is 1. The molecule has 0 radical (unpaired) electrons. The summed E-state index contributed by atoms with van der Waals surface area (Å²) in [6.07, 6.45) is 3.63. The van der Waals surface area contributed by atoms with Crippen LogP contribution in [0.25, 0.3) is 0 Å². The molecule has 148 valence electrons. The SMILES string of the molecule is CC(=O)[C@@]1(O)CC[C@H]2[C@@H]3C[C@H](O)[C@@]4(O)C[C@H](O)CC[C@]4(C)[C@H]3CC[C@@]21C. The van der Waals surface area contributed by atoms with E-state index >= 15 is 0 Å². The normalized spacial score (nSPS) is 59.3. The standard InChI is InChI=1S/C21H34O5/c1-12(22)20(25)9-6-16-14-10-17(24)21(26)11-13(23)4-7-19(21,3)15(14)5-8-18(16,20)2/h13-17,23-26H,4-11H2,1-3H3/t13-,14-,15+,16+,17+,18+,19-,20+,21+/m1/s1. The molecule has 5 nitrogen and oxygen atoms in total. The van der Waals surface area contributed by atoms with Crippen molar-refractivity contribution in [2.24, 2.45) is 28.6 Å². The molecule has 4 saturated carbocycles. The third-order valence-electron chi connectivity index (χ3n) is 9.57. The van der Waals surface area contributed by atoms with Crippen LogP contribution in [0.3, 0.4) is 0 Å². The highest BCUT2D eigenvalue weighted by atomic mass is 16.3. The lowest BCUT2D eigenvalue weighted by molar-refractivity contribution is -0.267. The number of ketones is 1. The van der Waals surface area contributed by atoms with Crippen LogP contribution in [0, 0.1) is 28.6 Å². The van der Waals surface area contributed by atoms with Gasteiger partial charge in [0, 0.05) is 17.3 Å². The molecule has 0 saturated heterocycles. The van der Waals surface area contributed by atoms with Gasteiger partial charge in [0.25, 0.3) is 0 Å². The zero-order valence-electron chi connectivity index (χ0n) is 16.2. The highest BCUT2D eigenvalue weighted by Gasteiger charge is 2.70. The summed E-state index contributed by atoms with van der Waals surface area (Å²) in [6, 6.07) is 0. The first-order chi connectivity index (χ1) is 12.0. The van der Waals surface area contributed by atoms with E-state index in [4.69, 9.17) is 0 Å². The second kappa shape index (κ2) is 5.53. The molecule has 26 heavy (non-hydrogen) atoms. The summed E-state index contributed by atoms with van der Waals surface area (Å²) in [5.74, 6) is 0.521. The summed E-state index contributed by atoms with van der Waals surface area (Å²) in [6.45, 7) is 5.65. The van der Waals surface area contributed by atoms with Gasteiger partial charge in [-0.3, -0.25) is 4.79 Å². The zero-order valence-corrected chi connectivity index (χ0v) is 16.2. The van der Waals surface area contributed by atoms with Gasteiger partial charge < -0.3 is 20.4 Å². The van der Waals surface area contributed by atoms with E-state index in [1.165, 1.54) is 6.92 Å². The first kappa shape index (κ1) is 18.9. The van der Waals surface area contributed by atoms with Gasteiger partial charge in [-0.2, -0.15) is 0 Å². The Kier molecular flexibility index (Phi) is 4.01. The van der Waals surface area contributed by atoms with Crippen molar-refractivity contribution in [2.75, 3.05) is 0 Å². The number of hydrogen-bond donors (Lipinski definition) is 4. The lowest BCUT2D eigenvalue weighted by Gasteiger charge is -2.65. The summed E-state index contributed by atoms with van der Waals surface area (Å²) in [5.41, 5.74) is -3.37. The van der Waals surface area contributed by atoms with E-state index in [1.807, 2.05) is 0 Å². The Morgan fingerprint density at radius 1 is 0.923 bits per heavy atom. The first-order valence-electron chi connectivity index (χ1n) is 10.3. The number of hydrogen-bond acceptors (Lipinski definition) is 5. The van der Waals surface area contributed by atoms with Crippen molar-refractivity contribution in [1.29, 1.82) is 0 Å². The lowest BCUT2D eigenvalue weighted by Crippen LogP contribution is -2.69. The third-order valence-corrected chi connectivity index (χ3v) is 9.57. The second-order valence-corrected chi connectivity index (χ2v) is 10.3. The van der Waals surface area contributed by atoms with E-state index in [-0.39, 0.29) is 30.0 Å². The third kappa shape index (κ3) is 2.04. The molecule has 4 aliphatic carbocycles. The molecule has 0 amide bonds. The Bertz CT molecular complexity index is 622. The van der Waals surface area contributed by atoms with Gasteiger partial charge in [0.2, 0.25) is 0 Å². The molecule has 4 aliphatic rings. The van der Waals surface area contributed by atoms with Gasteiger partial charge in [-0.15, -0.1) is 0 Å². The maximum absolute atomic E-state index is 12.3. The molecule has 5 heteroatoms. The fourth-order valence-electron chi connectivity index (χ4n) is 7.85. The Morgan fingerprint density at radius 2 is 1.50 bits per heavy atom. The number of fused-ring (bicyclic) bond motifs is 5. The molecular weight excluding hydrogens is 332 g/mol. The molecule has 0 bridgehead atoms. The van der Waals surface area contributed by atoms with E-state index in [1.54, 1.807) is 0 Å². The van der Waals surface area contributed by atoms with Gasteiger partial charge in [-0.05, 0) is 69.6 Å². The molecule has 4 rings (SSSR count). The molecule has 9 atom stereocenters. The minimum atomic E-state index is -1.26. The van der Waals surface area contributed by atoms with Crippen LogP contribution in [0.15, 0.2) is 0 Å². The van der Waals surface area contributed by atoms with Crippen LogP contribution in [0.4, 0.5) is 0 Å². The van der Waals surface area contributed by atoms with E-state index in [9.17, 15) is 25.2 Å². The molecule has 0 spiro atoms. The largest absolute Gasteiger partial charge is 0.393 e. The summed E-state index contributed by atoms with van der Waals surface area (Å²) in [5, 5.41) is 43.6. The number of rotatable bonds is 1. The molecule has 0 aromatic rings. The van der Waals surface area contributed by atoms with Gasteiger partial charge in [-0.25, -0.2) is 0 Å². The maximum atomic E-state index is 12.3. The van der Waals surface area contributed by atoms with Crippen molar-refractivity contribution in [3.05, 3.63) is 0 Å². The quantitative estimate of drug-likeness (QED) is 0.567. The van der Waals surface area contributed by atoms with Gasteiger partial charge in [0.05, 0.1) is 17.8 Å². The van der Waals surface area contributed by atoms with E-state index in [0.29, 0.717) is 25.7 Å². The highest BCUT2D eigenvalue weighted by molar-refractivity contribution is 5.86. The predicted molar refractivity (Wildman–Crippen MR) is 96.2 cm³/mol. The predicted octanol–water partition coefficient (Wildman–Crippen LogP) is 1.80. The van der Waals surface area contributed by atoms with Crippen LogP contribution in [0.5, 0.6) is 0 Å². The van der Waals surface area contributed by atoms with E-state index < -0.39 is 34.2 Å². The van der Waals surface area contributed by atoms with Crippen molar-refractivity contribution < 1.29 is 25.2 Å². The topological polar surface area (TPSA) is 98.0 Å². The van der Waals surface area contributed by atoms with Gasteiger partial charge in [0.1, 0.15) is 5.60 Å². The number of carbonyl (C=O) groups is 1. The lowest BCUT2D eigenvalue weighted by atomic mass is 9.42. The maximum Gasteiger partial charge on any atom is 0.161 e. The minimum Gasteiger partial charge on any atom is -0.393 e. The number of aliphatic hydroxyl groups is 4. The van der Waals surface area contributed by atoms with Crippen LogP contribution in [-0.4, -0.2) is 49.6 Å². The second-order valence-electron chi connectivity index (χ2n) is 10.3. The molecule has 4 fully saturated rings. The van der Waals surface area contributed by atoms with Crippen molar-refractivity contribution in [1.82, 2.24) is 0 Å². The molecule has 0 aliphatic heterocycles. The van der Waals surface area contributed by atoms with Gasteiger partial charge >= 0.3 is 0 Å². The number of carbonyl (C=O) groups excluding carboxylic acids is 1. The van der Waals surface area contributed by atoms with Crippen LogP contribution >= 0.6 is 0 Å². The Hall–Kier alpha value is -0.490. The molecular formula is C21H34O5. The van der Waals surface area contributed by atoms with Crippen LogP contribution in [0.1, 0.15) is 72.1 Å². The fraction of sp³-hybridized carbons (Fsp3) is 0.952. The van der Waals surface area contributed by atoms with Gasteiger partial charge in [-0.1, -0.05) is 13.8 Å².